The van der Waals surface area contributed by atoms with Gasteiger partial charge in [0.15, 0.2) is 11.5 Å². The number of nitrogens with zero attached hydrogens (tertiary/aromatic N) is 3. The summed E-state index contributed by atoms with van der Waals surface area (Å²) >= 11 is 0. The number of rotatable bonds is 8. The normalized spacial score (nSPS) is 11.7. The fraction of sp³-hybridized carbons (Fsp3) is 0.300. The van der Waals surface area contributed by atoms with Crippen LogP contribution in [0.15, 0.2) is 42.5 Å². The number of fused-ring (bicyclic) bond motifs is 1. The Morgan fingerprint density at radius 1 is 1.07 bits per heavy atom. The van der Waals surface area contributed by atoms with Crippen molar-refractivity contribution in [3.8, 4) is 11.5 Å². The zero-order chi connectivity index (χ0) is 20.8. The summed E-state index contributed by atoms with van der Waals surface area (Å²) < 4.78 is 16.8. The van der Waals surface area contributed by atoms with Gasteiger partial charge >= 0.3 is 5.97 Å². The second-order valence-electron chi connectivity index (χ2n) is 6.25. The molecule has 152 valence electrons. The molecule has 0 saturated heterocycles. The number of hydrogen-bond donors (Lipinski definition) is 1. The van der Waals surface area contributed by atoms with Gasteiger partial charge in [0.25, 0.3) is 0 Å². The molecule has 0 aliphatic rings. The van der Waals surface area contributed by atoms with Crippen LogP contribution in [0, 0.1) is 0 Å². The van der Waals surface area contributed by atoms with E-state index in [1.165, 1.54) is 26.0 Å². The van der Waals surface area contributed by atoms with E-state index in [1.807, 2.05) is 24.3 Å². The third-order valence-electron chi connectivity index (χ3n) is 4.46. The van der Waals surface area contributed by atoms with Gasteiger partial charge in [0.05, 0.1) is 39.3 Å². The quantitative estimate of drug-likeness (QED) is 0.578. The molecule has 0 radical (unpaired) electrons. The largest absolute Gasteiger partial charge is 0.493 e. The van der Waals surface area contributed by atoms with E-state index in [4.69, 9.17) is 14.2 Å². The van der Waals surface area contributed by atoms with Crippen molar-refractivity contribution in [2.24, 2.45) is 0 Å². The maximum absolute atomic E-state index is 12.7. The predicted molar refractivity (Wildman–Crippen MR) is 105 cm³/mol. The van der Waals surface area contributed by atoms with Gasteiger partial charge in [0, 0.05) is 0 Å². The SMILES string of the molecule is COC(=O)C[C@H](NC(=O)Cn1nnc2ccccc21)c1ccc(OC)c(OC)c1. The molecular weight excluding hydrogens is 376 g/mol. The van der Waals surface area contributed by atoms with Gasteiger partial charge in [-0.1, -0.05) is 23.4 Å². The van der Waals surface area contributed by atoms with E-state index in [-0.39, 0.29) is 18.9 Å². The number of aromatic nitrogens is 3. The van der Waals surface area contributed by atoms with Crippen molar-refractivity contribution in [2.75, 3.05) is 21.3 Å². The molecule has 29 heavy (non-hydrogen) atoms. The predicted octanol–water partition coefficient (Wildman–Crippen LogP) is 1.87. The molecule has 1 aromatic heterocycles. The van der Waals surface area contributed by atoms with Crippen LogP contribution in [0.5, 0.6) is 11.5 Å². The summed E-state index contributed by atoms with van der Waals surface area (Å²) in [7, 11) is 4.36. The molecule has 0 unspecified atom stereocenters. The zero-order valence-electron chi connectivity index (χ0n) is 16.4. The molecule has 0 aliphatic heterocycles. The van der Waals surface area contributed by atoms with Gasteiger partial charge in [0.1, 0.15) is 12.1 Å². The lowest BCUT2D eigenvalue weighted by Gasteiger charge is -2.20. The Morgan fingerprint density at radius 3 is 2.55 bits per heavy atom. The number of para-hydroxylation sites is 1. The van der Waals surface area contributed by atoms with Crippen LogP contribution in [0.1, 0.15) is 18.0 Å². The van der Waals surface area contributed by atoms with Crippen LogP contribution in [0.4, 0.5) is 0 Å². The average molecular weight is 398 g/mol. The molecule has 0 bridgehead atoms. The molecule has 0 aliphatic carbocycles. The van der Waals surface area contributed by atoms with Crippen molar-refractivity contribution >= 4 is 22.9 Å². The molecule has 1 heterocycles. The molecule has 0 spiro atoms. The van der Waals surface area contributed by atoms with E-state index in [0.29, 0.717) is 22.6 Å². The highest BCUT2D eigenvalue weighted by Crippen LogP contribution is 2.31. The highest BCUT2D eigenvalue weighted by atomic mass is 16.5. The molecule has 3 aromatic rings. The van der Waals surface area contributed by atoms with Crippen molar-refractivity contribution in [2.45, 2.75) is 19.0 Å². The van der Waals surface area contributed by atoms with Crippen molar-refractivity contribution < 1.29 is 23.8 Å². The van der Waals surface area contributed by atoms with Crippen molar-refractivity contribution in [3.05, 3.63) is 48.0 Å². The molecule has 0 saturated carbocycles. The number of amides is 1. The second kappa shape index (κ2) is 9.05. The Morgan fingerprint density at radius 2 is 1.83 bits per heavy atom. The zero-order valence-corrected chi connectivity index (χ0v) is 16.4. The number of methoxy groups -OCH3 is 3. The number of ether oxygens (including phenoxy) is 3. The van der Waals surface area contributed by atoms with Gasteiger partial charge in [-0.15, -0.1) is 5.10 Å². The van der Waals surface area contributed by atoms with Crippen molar-refractivity contribution in [1.29, 1.82) is 0 Å². The molecular formula is C20H22N4O5. The molecule has 1 amide bonds. The Kier molecular flexibility index (Phi) is 6.28. The van der Waals surface area contributed by atoms with Gasteiger partial charge in [-0.3, -0.25) is 9.59 Å². The lowest BCUT2D eigenvalue weighted by molar-refractivity contribution is -0.141. The van der Waals surface area contributed by atoms with Crippen LogP contribution in [0.2, 0.25) is 0 Å². The van der Waals surface area contributed by atoms with Gasteiger partial charge < -0.3 is 19.5 Å². The number of carbonyl (C=O) groups excluding carboxylic acids is 2. The summed E-state index contributed by atoms with van der Waals surface area (Å²) in [6.07, 6.45) is -0.0319. The minimum Gasteiger partial charge on any atom is -0.493 e. The molecule has 9 nitrogen and oxygen atoms in total. The maximum Gasteiger partial charge on any atom is 0.307 e. The van der Waals surface area contributed by atoms with E-state index in [0.717, 1.165) is 5.52 Å². The third-order valence-corrected chi connectivity index (χ3v) is 4.46. The molecule has 1 atom stereocenters. The van der Waals surface area contributed by atoms with Crippen LogP contribution in [-0.4, -0.2) is 48.2 Å². The standard InChI is InChI=1S/C20H22N4O5/c1-27-17-9-8-13(10-18(17)28-2)15(11-20(26)29-3)21-19(25)12-24-16-7-5-4-6-14(16)22-23-24/h4-10,15H,11-12H2,1-3H3,(H,21,25)/t15-/m0/s1. The monoisotopic (exact) mass is 398 g/mol. The Labute approximate surface area is 167 Å². The van der Waals surface area contributed by atoms with Crippen LogP contribution in [-0.2, 0) is 20.9 Å². The number of hydrogen-bond acceptors (Lipinski definition) is 7. The van der Waals surface area contributed by atoms with Crippen molar-refractivity contribution in [1.82, 2.24) is 20.3 Å². The molecule has 3 rings (SSSR count). The van der Waals surface area contributed by atoms with E-state index in [9.17, 15) is 9.59 Å². The first-order valence-electron chi connectivity index (χ1n) is 8.92. The van der Waals surface area contributed by atoms with Crippen LogP contribution < -0.4 is 14.8 Å². The summed E-state index contributed by atoms with van der Waals surface area (Å²) in [5, 5.41) is 10.9. The first-order chi connectivity index (χ1) is 14.0. The van der Waals surface area contributed by atoms with Crippen LogP contribution in [0.3, 0.4) is 0 Å². The number of benzene rings is 2. The smallest absolute Gasteiger partial charge is 0.307 e. The van der Waals surface area contributed by atoms with E-state index >= 15 is 0 Å². The van der Waals surface area contributed by atoms with Crippen LogP contribution >= 0.6 is 0 Å². The first kappa shape index (κ1) is 20.1. The van der Waals surface area contributed by atoms with E-state index in [2.05, 4.69) is 15.6 Å². The number of esters is 1. The Hall–Kier alpha value is -3.62. The minimum atomic E-state index is -0.607. The second-order valence-corrected chi connectivity index (χ2v) is 6.25. The van der Waals surface area contributed by atoms with Gasteiger partial charge in [0.2, 0.25) is 5.91 Å². The first-order valence-corrected chi connectivity index (χ1v) is 8.92. The summed E-state index contributed by atoms with van der Waals surface area (Å²) in [6, 6.07) is 12.0. The van der Waals surface area contributed by atoms with Crippen molar-refractivity contribution in [3.63, 3.8) is 0 Å². The number of nitrogens with one attached hydrogen (secondary N) is 1. The highest BCUT2D eigenvalue weighted by molar-refractivity contribution is 5.80. The lowest BCUT2D eigenvalue weighted by atomic mass is 10.0. The molecule has 1 N–H and O–H groups in total. The maximum atomic E-state index is 12.7. The highest BCUT2D eigenvalue weighted by Gasteiger charge is 2.21. The van der Waals surface area contributed by atoms with Gasteiger partial charge in [-0.05, 0) is 29.8 Å². The number of carbonyl (C=O) groups is 2. The summed E-state index contributed by atoms with van der Waals surface area (Å²) in [5.41, 5.74) is 2.13. The third kappa shape index (κ3) is 4.63. The summed E-state index contributed by atoms with van der Waals surface area (Å²) in [6.45, 7) is -0.0362. The van der Waals surface area contributed by atoms with E-state index < -0.39 is 12.0 Å². The van der Waals surface area contributed by atoms with E-state index in [1.54, 1.807) is 18.2 Å². The topological polar surface area (TPSA) is 105 Å². The summed E-state index contributed by atoms with van der Waals surface area (Å²) in [4.78, 5) is 24.6. The Bertz CT molecular complexity index is 1020. The molecule has 0 fully saturated rings. The summed E-state index contributed by atoms with van der Waals surface area (Å²) in [5.74, 6) is 0.283. The van der Waals surface area contributed by atoms with Gasteiger partial charge in [-0.2, -0.15) is 0 Å². The fourth-order valence-corrected chi connectivity index (χ4v) is 2.98. The van der Waals surface area contributed by atoms with Gasteiger partial charge in [-0.25, -0.2) is 4.68 Å². The van der Waals surface area contributed by atoms with Crippen LogP contribution in [0.25, 0.3) is 11.0 Å². The average Bonchev–Trinajstić information content (AvgIpc) is 3.15. The minimum absolute atomic E-state index is 0.0319. The molecule has 2 aromatic carbocycles. The lowest BCUT2D eigenvalue weighted by Crippen LogP contribution is -2.33. The Balaban J connectivity index is 1.81. The molecule has 9 heteroatoms. The fourth-order valence-electron chi connectivity index (χ4n) is 2.98.